The third-order valence-corrected chi connectivity index (χ3v) is 4.11. The predicted octanol–water partition coefficient (Wildman–Crippen LogP) is 3.89. The highest BCUT2D eigenvalue weighted by molar-refractivity contribution is 9.11. The Morgan fingerprint density at radius 2 is 2.44 bits per heavy atom. The van der Waals surface area contributed by atoms with E-state index in [2.05, 4.69) is 15.9 Å². The van der Waals surface area contributed by atoms with Crippen LogP contribution in [0, 0.1) is 0 Å². The fourth-order valence-corrected chi connectivity index (χ4v) is 3.52. The van der Waals surface area contributed by atoms with Crippen molar-refractivity contribution in [1.82, 2.24) is 0 Å². The number of hydrogen-bond acceptors (Lipinski definition) is 2. The first kappa shape index (κ1) is 7.92. The van der Waals surface area contributed by atoms with Crippen molar-refractivity contribution in [3.05, 3.63) is 14.9 Å². The average Bonchev–Trinajstić information content (AvgIpc) is 2.10. The van der Waals surface area contributed by atoms with Gasteiger partial charge in [0.1, 0.15) is 0 Å². The van der Waals surface area contributed by atoms with Crippen molar-refractivity contribution in [2.24, 2.45) is 0 Å². The van der Waals surface area contributed by atoms with Gasteiger partial charge in [-0.25, -0.2) is 0 Å². The maximum absolute atomic E-state index is 5.80. The van der Waals surface area contributed by atoms with Crippen LogP contribution in [0.15, 0.2) is 14.1 Å². The van der Waals surface area contributed by atoms with E-state index in [-0.39, 0.29) is 0 Å². The van der Waals surface area contributed by atoms with Crippen LogP contribution in [-0.4, -0.2) is 6.26 Å². The molecule has 1 rings (SSSR count). The Morgan fingerprint density at radius 1 is 1.78 bits per heavy atom. The summed E-state index contributed by atoms with van der Waals surface area (Å²) in [5.74, 6) is 0. The van der Waals surface area contributed by atoms with E-state index in [1.165, 1.54) is 4.21 Å². The summed E-state index contributed by atoms with van der Waals surface area (Å²) in [5.41, 5.74) is 0. The fourth-order valence-electron chi connectivity index (χ4n) is 0.464. The first-order chi connectivity index (χ1) is 4.24. The Bertz CT molecular complexity index is 209. The molecule has 0 saturated heterocycles. The van der Waals surface area contributed by atoms with Crippen LogP contribution in [0.4, 0.5) is 0 Å². The van der Waals surface area contributed by atoms with Crippen molar-refractivity contribution < 1.29 is 0 Å². The van der Waals surface area contributed by atoms with Crippen LogP contribution < -0.4 is 0 Å². The van der Waals surface area contributed by atoms with Gasteiger partial charge in [-0.15, -0.1) is 23.1 Å². The second kappa shape index (κ2) is 3.28. The normalized spacial score (nSPS) is 10.1. The fraction of sp³-hybridized carbons (Fsp3) is 0.200. The van der Waals surface area contributed by atoms with Crippen LogP contribution in [-0.2, 0) is 0 Å². The van der Waals surface area contributed by atoms with E-state index in [4.69, 9.17) is 11.6 Å². The SMILES string of the molecule is CSc1sc(Br)cc1Cl. The number of thioether (sulfide) groups is 1. The molecule has 0 radical (unpaired) electrons. The van der Waals surface area contributed by atoms with Gasteiger partial charge in [0.05, 0.1) is 13.0 Å². The molecule has 0 unspecified atom stereocenters. The molecule has 0 saturated carbocycles. The summed E-state index contributed by atoms with van der Waals surface area (Å²) < 4.78 is 2.26. The zero-order valence-corrected chi connectivity index (χ0v) is 8.62. The van der Waals surface area contributed by atoms with Gasteiger partial charge in [0.15, 0.2) is 0 Å². The monoisotopic (exact) mass is 242 g/mol. The number of thiophene rings is 1. The van der Waals surface area contributed by atoms with Crippen molar-refractivity contribution >= 4 is 50.6 Å². The summed E-state index contributed by atoms with van der Waals surface area (Å²) in [6.07, 6.45) is 2.02. The summed E-state index contributed by atoms with van der Waals surface area (Å²) in [6, 6.07) is 1.91. The van der Waals surface area contributed by atoms with E-state index < -0.39 is 0 Å². The third kappa shape index (κ3) is 1.87. The minimum Gasteiger partial charge on any atom is -0.120 e. The highest BCUT2D eigenvalue weighted by Crippen LogP contribution is 2.36. The third-order valence-electron chi connectivity index (χ3n) is 0.811. The zero-order chi connectivity index (χ0) is 6.85. The quantitative estimate of drug-likeness (QED) is 0.675. The summed E-state index contributed by atoms with van der Waals surface area (Å²) in [4.78, 5) is 0. The van der Waals surface area contributed by atoms with Gasteiger partial charge >= 0.3 is 0 Å². The molecule has 0 N–H and O–H groups in total. The molecule has 1 aromatic heterocycles. The van der Waals surface area contributed by atoms with Gasteiger partial charge in [-0.3, -0.25) is 0 Å². The Balaban J connectivity index is 3.01. The van der Waals surface area contributed by atoms with Gasteiger partial charge in [0.2, 0.25) is 0 Å². The van der Waals surface area contributed by atoms with Crippen molar-refractivity contribution in [3.63, 3.8) is 0 Å². The van der Waals surface area contributed by atoms with E-state index in [9.17, 15) is 0 Å². The summed E-state index contributed by atoms with van der Waals surface area (Å²) in [5, 5.41) is 0.847. The summed E-state index contributed by atoms with van der Waals surface area (Å²) >= 11 is 12.5. The van der Waals surface area contributed by atoms with Crippen molar-refractivity contribution in [1.29, 1.82) is 0 Å². The summed E-state index contributed by atoms with van der Waals surface area (Å²) in [6.45, 7) is 0. The Labute approximate surface area is 75.7 Å². The molecule has 0 aliphatic carbocycles. The van der Waals surface area contributed by atoms with Crippen LogP contribution in [0.1, 0.15) is 0 Å². The Hall–Kier alpha value is 0.820. The lowest BCUT2D eigenvalue weighted by Crippen LogP contribution is -1.53. The van der Waals surface area contributed by atoms with Crippen molar-refractivity contribution in [3.8, 4) is 0 Å². The molecule has 0 fully saturated rings. The second-order valence-corrected chi connectivity index (χ2v) is 5.30. The van der Waals surface area contributed by atoms with Gasteiger partial charge in [-0.2, -0.15) is 0 Å². The Kier molecular flexibility index (Phi) is 2.89. The molecule has 0 aliphatic heterocycles. The molecule has 50 valence electrons. The molecule has 0 nitrogen and oxygen atoms in total. The second-order valence-electron chi connectivity index (χ2n) is 1.39. The molecule has 0 amide bonds. The van der Waals surface area contributed by atoms with Crippen LogP contribution in [0.5, 0.6) is 0 Å². The van der Waals surface area contributed by atoms with Crippen molar-refractivity contribution in [2.45, 2.75) is 4.21 Å². The smallest absolute Gasteiger partial charge is 0.0794 e. The van der Waals surface area contributed by atoms with Crippen molar-refractivity contribution in [2.75, 3.05) is 6.26 Å². The molecule has 1 aromatic rings. The zero-order valence-electron chi connectivity index (χ0n) is 4.65. The molecule has 0 atom stereocenters. The van der Waals surface area contributed by atoms with Crippen LogP contribution in [0.25, 0.3) is 0 Å². The lowest BCUT2D eigenvalue weighted by Gasteiger charge is -1.85. The average molecular weight is 244 g/mol. The van der Waals surface area contributed by atoms with Gasteiger partial charge in [0, 0.05) is 0 Å². The molecule has 0 spiro atoms. The highest BCUT2D eigenvalue weighted by atomic mass is 79.9. The maximum atomic E-state index is 5.80. The maximum Gasteiger partial charge on any atom is 0.0794 e. The first-order valence-corrected chi connectivity index (χ1v) is 5.44. The number of hydrogen-bond donors (Lipinski definition) is 0. The van der Waals surface area contributed by atoms with E-state index in [0.717, 1.165) is 8.81 Å². The molecular weight excluding hydrogens is 240 g/mol. The molecule has 0 bridgehead atoms. The molecule has 4 heteroatoms. The van der Waals surface area contributed by atoms with E-state index in [1.807, 2.05) is 12.3 Å². The van der Waals surface area contributed by atoms with E-state index >= 15 is 0 Å². The van der Waals surface area contributed by atoms with E-state index in [0.29, 0.717) is 0 Å². The van der Waals surface area contributed by atoms with Crippen LogP contribution >= 0.6 is 50.6 Å². The Morgan fingerprint density at radius 3 is 2.67 bits per heavy atom. The number of rotatable bonds is 1. The topological polar surface area (TPSA) is 0 Å². The molecule has 0 aromatic carbocycles. The van der Waals surface area contributed by atoms with E-state index in [1.54, 1.807) is 23.1 Å². The predicted molar refractivity (Wildman–Crippen MR) is 48.8 cm³/mol. The van der Waals surface area contributed by atoms with Gasteiger partial charge in [-0.1, -0.05) is 11.6 Å². The van der Waals surface area contributed by atoms with Crippen LogP contribution in [0.3, 0.4) is 0 Å². The lowest BCUT2D eigenvalue weighted by molar-refractivity contribution is 1.73. The van der Waals surface area contributed by atoms with Crippen LogP contribution in [0.2, 0.25) is 5.02 Å². The molecule has 0 aliphatic rings. The minimum atomic E-state index is 0.847. The number of halogens is 2. The molecule has 9 heavy (non-hydrogen) atoms. The molecular formula is C5H4BrClS2. The minimum absolute atomic E-state index is 0.847. The first-order valence-electron chi connectivity index (χ1n) is 2.23. The summed E-state index contributed by atoms with van der Waals surface area (Å²) in [7, 11) is 0. The molecule has 1 heterocycles. The highest BCUT2D eigenvalue weighted by Gasteiger charge is 2.02. The largest absolute Gasteiger partial charge is 0.120 e. The lowest BCUT2D eigenvalue weighted by atomic mass is 10.7. The standard InChI is InChI=1S/C5H4BrClS2/c1-8-5-3(7)2-4(6)9-5/h2H,1H3. The van der Waals surface area contributed by atoms with Gasteiger partial charge in [-0.05, 0) is 28.3 Å². The van der Waals surface area contributed by atoms with Gasteiger partial charge < -0.3 is 0 Å². The van der Waals surface area contributed by atoms with Gasteiger partial charge in [0.25, 0.3) is 0 Å².